The average Bonchev–Trinajstić information content (AvgIpc) is 3.25. The second-order valence-corrected chi connectivity index (χ2v) is 6.82. The van der Waals surface area contributed by atoms with E-state index in [1.165, 1.54) is 0 Å². The van der Waals surface area contributed by atoms with Crippen LogP contribution in [0.4, 0.5) is 5.69 Å². The second-order valence-electron chi connectivity index (χ2n) is 6.82. The van der Waals surface area contributed by atoms with E-state index in [9.17, 15) is 14.4 Å². The van der Waals surface area contributed by atoms with Crippen LogP contribution in [0.2, 0.25) is 0 Å². The zero-order chi connectivity index (χ0) is 17.8. The second kappa shape index (κ2) is 7.68. The van der Waals surface area contributed by atoms with E-state index in [-0.39, 0.29) is 24.3 Å². The molecule has 2 atom stereocenters. The zero-order valence-corrected chi connectivity index (χ0v) is 14.4. The normalized spacial score (nSPS) is 22.0. The van der Waals surface area contributed by atoms with Crippen molar-refractivity contribution in [3.63, 3.8) is 0 Å². The van der Waals surface area contributed by atoms with E-state index in [1.807, 2.05) is 23.1 Å². The Morgan fingerprint density at radius 1 is 1.20 bits per heavy atom. The Labute approximate surface area is 147 Å². The SMILES string of the molecule is C[C@@H](OC(=O)[C@@H]1CC(=O)N(C2CCCC2)C1)C(=O)Nc1ccccc1. The fourth-order valence-electron chi connectivity index (χ4n) is 3.55. The highest BCUT2D eigenvalue weighted by Gasteiger charge is 2.40. The van der Waals surface area contributed by atoms with Crippen molar-refractivity contribution in [1.82, 2.24) is 4.90 Å². The van der Waals surface area contributed by atoms with Gasteiger partial charge in [0.2, 0.25) is 5.91 Å². The van der Waals surface area contributed by atoms with Gasteiger partial charge in [-0.25, -0.2) is 0 Å². The molecule has 1 aliphatic carbocycles. The highest BCUT2D eigenvalue weighted by molar-refractivity contribution is 5.95. The van der Waals surface area contributed by atoms with Crippen molar-refractivity contribution in [2.45, 2.75) is 51.2 Å². The number of rotatable bonds is 5. The number of carbonyl (C=O) groups is 3. The van der Waals surface area contributed by atoms with Gasteiger partial charge in [0.1, 0.15) is 0 Å². The van der Waals surface area contributed by atoms with Crippen LogP contribution in [0.15, 0.2) is 30.3 Å². The zero-order valence-electron chi connectivity index (χ0n) is 14.4. The van der Waals surface area contributed by atoms with Crippen molar-refractivity contribution in [1.29, 1.82) is 0 Å². The molecule has 0 radical (unpaired) electrons. The standard InChI is InChI=1S/C19H24N2O4/c1-13(18(23)20-15-7-3-2-4-8-15)25-19(24)14-11-17(22)21(12-14)16-9-5-6-10-16/h2-4,7-8,13-14,16H,5-6,9-12H2,1H3,(H,20,23)/t13-,14-/m1/s1. The number of para-hydroxylation sites is 1. The summed E-state index contributed by atoms with van der Waals surface area (Å²) in [6.45, 7) is 1.96. The van der Waals surface area contributed by atoms with Gasteiger partial charge < -0.3 is 15.0 Å². The van der Waals surface area contributed by atoms with Gasteiger partial charge in [0.25, 0.3) is 5.91 Å². The number of esters is 1. The number of hydrogen-bond donors (Lipinski definition) is 1. The number of benzene rings is 1. The van der Waals surface area contributed by atoms with Gasteiger partial charge in [-0.3, -0.25) is 14.4 Å². The summed E-state index contributed by atoms with van der Waals surface area (Å²) in [5.74, 6) is -1.30. The minimum atomic E-state index is -0.900. The van der Waals surface area contributed by atoms with Crippen LogP contribution in [0.25, 0.3) is 0 Å². The summed E-state index contributed by atoms with van der Waals surface area (Å²) >= 11 is 0. The maximum absolute atomic E-state index is 12.3. The summed E-state index contributed by atoms with van der Waals surface area (Å²) in [6.07, 6.45) is 3.60. The van der Waals surface area contributed by atoms with E-state index in [0.717, 1.165) is 25.7 Å². The third-order valence-electron chi connectivity index (χ3n) is 4.96. The first-order valence-electron chi connectivity index (χ1n) is 8.90. The molecule has 2 amide bonds. The van der Waals surface area contributed by atoms with Crippen LogP contribution in [0.3, 0.4) is 0 Å². The molecule has 1 saturated heterocycles. The molecule has 0 aromatic heterocycles. The summed E-state index contributed by atoms with van der Waals surface area (Å²) in [6, 6.07) is 9.28. The summed E-state index contributed by atoms with van der Waals surface area (Å²) in [5.41, 5.74) is 0.652. The minimum Gasteiger partial charge on any atom is -0.452 e. The summed E-state index contributed by atoms with van der Waals surface area (Å²) < 4.78 is 5.30. The Hall–Kier alpha value is -2.37. The van der Waals surface area contributed by atoms with Crippen molar-refractivity contribution < 1.29 is 19.1 Å². The molecule has 0 spiro atoms. The molecule has 1 aliphatic heterocycles. The van der Waals surface area contributed by atoms with E-state index in [1.54, 1.807) is 19.1 Å². The van der Waals surface area contributed by atoms with Gasteiger partial charge in [0, 0.05) is 24.7 Å². The lowest BCUT2D eigenvalue weighted by atomic mass is 10.1. The van der Waals surface area contributed by atoms with Gasteiger partial charge in [0.15, 0.2) is 6.10 Å². The predicted octanol–water partition coefficient (Wildman–Crippen LogP) is 2.35. The molecule has 0 unspecified atom stereocenters. The van der Waals surface area contributed by atoms with Gasteiger partial charge in [0.05, 0.1) is 5.92 Å². The fourth-order valence-corrected chi connectivity index (χ4v) is 3.55. The Morgan fingerprint density at radius 3 is 2.56 bits per heavy atom. The number of likely N-dealkylation sites (tertiary alicyclic amines) is 1. The largest absolute Gasteiger partial charge is 0.452 e. The first-order valence-corrected chi connectivity index (χ1v) is 8.90. The van der Waals surface area contributed by atoms with E-state index < -0.39 is 18.0 Å². The van der Waals surface area contributed by atoms with Crippen LogP contribution in [-0.2, 0) is 19.1 Å². The van der Waals surface area contributed by atoms with Gasteiger partial charge in [-0.2, -0.15) is 0 Å². The molecular formula is C19H24N2O4. The third kappa shape index (κ3) is 4.18. The summed E-state index contributed by atoms with van der Waals surface area (Å²) in [7, 11) is 0. The monoisotopic (exact) mass is 344 g/mol. The maximum Gasteiger partial charge on any atom is 0.312 e. The van der Waals surface area contributed by atoms with Gasteiger partial charge in [-0.1, -0.05) is 31.0 Å². The molecule has 3 rings (SSSR count). The molecule has 1 saturated carbocycles. The molecule has 134 valence electrons. The van der Waals surface area contributed by atoms with Crippen molar-refractivity contribution >= 4 is 23.5 Å². The number of anilines is 1. The Morgan fingerprint density at radius 2 is 1.88 bits per heavy atom. The number of carbonyl (C=O) groups excluding carboxylic acids is 3. The topological polar surface area (TPSA) is 75.7 Å². The van der Waals surface area contributed by atoms with Crippen LogP contribution in [0.5, 0.6) is 0 Å². The van der Waals surface area contributed by atoms with Crippen molar-refractivity contribution in [3.8, 4) is 0 Å². The van der Waals surface area contributed by atoms with Crippen LogP contribution >= 0.6 is 0 Å². The first kappa shape index (κ1) is 17.5. The minimum absolute atomic E-state index is 0.0234. The fraction of sp³-hybridized carbons (Fsp3) is 0.526. The number of nitrogens with zero attached hydrogens (tertiary/aromatic N) is 1. The Kier molecular flexibility index (Phi) is 5.36. The lowest BCUT2D eigenvalue weighted by Crippen LogP contribution is -2.36. The lowest BCUT2D eigenvalue weighted by Gasteiger charge is -2.24. The molecule has 25 heavy (non-hydrogen) atoms. The number of amides is 2. The number of ether oxygens (including phenoxy) is 1. The average molecular weight is 344 g/mol. The molecule has 6 heteroatoms. The predicted molar refractivity (Wildman–Crippen MR) is 92.7 cm³/mol. The summed E-state index contributed by atoms with van der Waals surface area (Å²) in [4.78, 5) is 38.5. The van der Waals surface area contributed by atoms with E-state index in [2.05, 4.69) is 5.32 Å². The lowest BCUT2D eigenvalue weighted by molar-refractivity contribution is -0.157. The van der Waals surface area contributed by atoms with Gasteiger partial charge in [-0.15, -0.1) is 0 Å². The van der Waals surface area contributed by atoms with Crippen molar-refractivity contribution in [2.24, 2.45) is 5.92 Å². The van der Waals surface area contributed by atoms with Crippen LogP contribution in [0.1, 0.15) is 39.0 Å². The van der Waals surface area contributed by atoms with E-state index in [4.69, 9.17) is 4.74 Å². The number of nitrogens with one attached hydrogen (secondary N) is 1. The van der Waals surface area contributed by atoms with Crippen molar-refractivity contribution in [2.75, 3.05) is 11.9 Å². The van der Waals surface area contributed by atoms with Crippen LogP contribution in [0, 0.1) is 5.92 Å². The molecule has 1 aromatic rings. The number of hydrogen-bond acceptors (Lipinski definition) is 4. The molecule has 2 aliphatic rings. The van der Waals surface area contributed by atoms with Crippen molar-refractivity contribution in [3.05, 3.63) is 30.3 Å². The van der Waals surface area contributed by atoms with E-state index >= 15 is 0 Å². The smallest absolute Gasteiger partial charge is 0.312 e. The quantitative estimate of drug-likeness (QED) is 0.832. The van der Waals surface area contributed by atoms with Crippen LogP contribution in [-0.4, -0.2) is 41.4 Å². The summed E-state index contributed by atoms with van der Waals surface area (Å²) in [5, 5.41) is 2.71. The molecule has 2 fully saturated rings. The Bertz CT molecular complexity index is 640. The molecule has 0 bridgehead atoms. The van der Waals surface area contributed by atoms with Gasteiger partial charge in [-0.05, 0) is 31.9 Å². The maximum atomic E-state index is 12.3. The van der Waals surface area contributed by atoms with E-state index in [0.29, 0.717) is 12.2 Å². The molecule has 1 heterocycles. The molecular weight excluding hydrogens is 320 g/mol. The molecule has 1 aromatic carbocycles. The third-order valence-corrected chi connectivity index (χ3v) is 4.96. The first-order chi connectivity index (χ1) is 12.0. The molecule has 1 N–H and O–H groups in total. The van der Waals surface area contributed by atoms with Crippen LogP contribution < -0.4 is 5.32 Å². The molecule has 6 nitrogen and oxygen atoms in total. The highest BCUT2D eigenvalue weighted by atomic mass is 16.5. The van der Waals surface area contributed by atoms with Gasteiger partial charge >= 0.3 is 5.97 Å². The Balaban J connectivity index is 1.51. The highest BCUT2D eigenvalue weighted by Crippen LogP contribution is 2.30.